The molecule has 0 spiro atoms. The molecule has 2 saturated heterocycles. The second-order valence-corrected chi connectivity index (χ2v) is 9.44. The molecule has 28 heavy (non-hydrogen) atoms. The van der Waals surface area contributed by atoms with Gasteiger partial charge >= 0.3 is 0 Å². The lowest BCUT2D eigenvalue weighted by Gasteiger charge is -2.25. The molecule has 0 saturated carbocycles. The number of carbonyl (C=O) groups excluding carboxylic acids is 2. The molecule has 2 aliphatic heterocycles. The summed E-state index contributed by atoms with van der Waals surface area (Å²) in [6.45, 7) is 1.29. The number of thiazole rings is 1. The van der Waals surface area contributed by atoms with E-state index in [4.69, 9.17) is 9.72 Å². The van der Waals surface area contributed by atoms with Crippen molar-refractivity contribution >= 4 is 56.0 Å². The molecule has 6 nitrogen and oxygen atoms in total. The number of hydrogen-bond acceptors (Lipinski definition) is 6. The predicted molar refractivity (Wildman–Crippen MR) is 116 cm³/mol. The van der Waals surface area contributed by atoms with Gasteiger partial charge in [0.25, 0.3) is 0 Å². The van der Waals surface area contributed by atoms with Gasteiger partial charge in [0, 0.05) is 22.0 Å². The molecule has 9 heteroatoms. The molecule has 1 unspecified atom stereocenters. The fourth-order valence-corrected chi connectivity index (χ4v) is 5.24. The third-order valence-electron chi connectivity index (χ3n) is 4.73. The second kappa shape index (κ2) is 8.94. The molecule has 0 aliphatic carbocycles. The molecule has 148 valence electrons. The van der Waals surface area contributed by atoms with Gasteiger partial charge in [-0.05, 0) is 25.0 Å². The van der Waals surface area contributed by atoms with Gasteiger partial charge in [-0.25, -0.2) is 4.98 Å². The summed E-state index contributed by atoms with van der Waals surface area (Å²) in [4.78, 5) is 33.0. The van der Waals surface area contributed by atoms with Crippen LogP contribution in [-0.2, 0) is 14.3 Å². The Morgan fingerprint density at radius 2 is 2.18 bits per heavy atom. The minimum atomic E-state index is -0.108. The largest absolute Gasteiger partial charge is 0.376 e. The molecule has 3 heterocycles. The molecule has 1 aromatic carbocycles. The number of anilines is 1. The molecule has 2 amide bonds. The Labute approximate surface area is 180 Å². The van der Waals surface area contributed by atoms with Crippen LogP contribution >= 0.6 is 39.0 Å². The summed E-state index contributed by atoms with van der Waals surface area (Å²) in [7, 11) is 0. The van der Waals surface area contributed by atoms with Crippen LogP contribution in [0, 0.1) is 0 Å². The first-order chi connectivity index (χ1) is 13.6. The van der Waals surface area contributed by atoms with Crippen molar-refractivity contribution in [1.29, 1.82) is 0 Å². The van der Waals surface area contributed by atoms with Gasteiger partial charge in [0.15, 0.2) is 5.13 Å². The second-order valence-electron chi connectivity index (χ2n) is 6.73. The third kappa shape index (κ3) is 4.59. The average Bonchev–Trinajstić information content (AvgIpc) is 3.43. The molecule has 2 aromatic rings. The van der Waals surface area contributed by atoms with Gasteiger partial charge < -0.3 is 9.64 Å². The van der Waals surface area contributed by atoms with Crippen LogP contribution in [0.5, 0.6) is 0 Å². The van der Waals surface area contributed by atoms with Gasteiger partial charge in [0.05, 0.1) is 30.0 Å². The molecule has 1 aromatic heterocycles. The summed E-state index contributed by atoms with van der Waals surface area (Å²) < 4.78 is 6.75. The zero-order valence-electron chi connectivity index (χ0n) is 15.2. The van der Waals surface area contributed by atoms with Crippen molar-refractivity contribution in [1.82, 2.24) is 9.88 Å². The van der Waals surface area contributed by atoms with Gasteiger partial charge in [-0.3, -0.25) is 14.5 Å². The SMILES string of the molecule is O=C1CSCN1CC(=O)N(CC1CCCO1)c1nc(-c2ccc(Br)cc2)cs1. The molecule has 4 rings (SSSR count). The summed E-state index contributed by atoms with van der Waals surface area (Å²) >= 11 is 6.43. The van der Waals surface area contributed by atoms with Crippen LogP contribution in [0.4, 0.5) is 5.13 Å². The van der Waals surface area contributed by atoms with Crippen molar-refractivity contribution in [2.45, 2.75) is 18.9 Å². The molecule has 0 N–H and O–H groups in total. The standard InChI is InChI=1S/C19H20BrN3O3S2/c20-14-5-3-13(4-6-14)16-10-28-19(21-16)23(8-15-2-1-7-26-15)17(24)9-22-12-27-11-18(22)25/h3-6,10,15H,1-2,7-9,11-12H2. The van der Waals surface area contributed by atoms with Crippen molar-refractivity contribution in [3.05, 3.63) is 34.1 Å². The van der Waals surface area contributed by atoms with E-state index in [0.29, 0.717) is 23.3 Å². The van der Waals surface area contributed by atoms with Crippen LogP contribution in [0.2, 0.25) is 0 Å². The van der Waals surface area contributed by atoms with Crippen LogP contribution < -0.4 is 4.90 Å². The quantitative estimate of drug-likeness (QED) is 0.630. The van der Waals surface area contributed by atoms with Crippen molar-refractivity contribution in [3.8, 4) is 11.3 Å². The highest BCUT2D eigenvalue weighted by molar-refractivity contribution is 9.10. The number of nitrogens with zero attached hydrogens (tertiary/aromatic N) is 3. The maximum absolute atomic E-state index is 13.1. The van der Waals surface area contributed by atoms with Gasteiger partial charge in [0.2, 0.25) is 11.8 Å². The van der Waals surface area contributed by atoms with Crippen LogP contribution in [0.1, 0.15) is 12.8 Å². The first-order valence-corrected chi connectivity index (χ1v) is 11.9. The molecular weight excluding hydrogens is 462 g/mol. The van der Waals surface area contributed by atoms with E-state index in [1.54, 1.807) is 9.80 Å². The van der Waals surface area contributed by atoms with E-state index >= 15 is 0 Å². The maximum Gasteiger partial charge on any atom is 0.248 e. The number of aromatic nitrogens is 1. The summed E-state index contributed by atoms with van der Waals surface area (Å²) in [5.41, 5.74) is 1.84. The van der Waals surface area contributed by atoms with Crippen molar-refractivity contribution < 1.29 is 14.3 Å². The monoisotopic (exact) mass is 481 g/mol. The highest BCUT2D eigenvalue weighted by Crippen LogP contribution is 2.30. The van der Waals surface area contributed by atoms with Gasteiger partial charge in [-0.15, -0.1) is 23.1 Å². The fraction of sp³-hybridized carbons (Fsp3) is 0.421. The molecule has 2 fully saturated rings. The zero-order valence-corrected chi connectivity index (χ0v) is 18.4. The van der Waals surface area contributed by atoms with E-state index in [1.807, 2.05) is 29.6 Å². The predicted octanol–water partition coefficient (Wildman–Crippen LogP) is 3.62. The Hall–Kier alpha value is -1.42. The first-order valence-electron chi connectivity index (χ1n) is 9.09. The van der Waals surface area contributed by atoms with E-state index in [9.17, 15) is 9.59 Å². The van der Waals surface area contributed by atoms with E-state index in [-0.39, 0.29) is 24.5 Å². The smallest absolute Gasteiger partial charge is 0.248 e. The molecular formula is C19H20BrN3O3S2. The Morgan fingerprint density at radius 1 is 1.36 bits per heavy atom. The highest BCUT2D eigenvalue weighted by Gasteiger charge is 2.30. The number of ether oxygens (including phenoxy) is 1. The van der Waals surface area contributed by atoms with Crippen molar-refractivity contribution in [2.24, 2.45) is 0 Å². The highest BCUT2D eigenvalue weighted by atomic mass is 79.9. The summed E-state index contributed by atoms with van der Waals surface area (Å²) in [5, 5.41) is 2.61. The van der Waals surface area contributed by atoms with Crippen LogP contribution in [0.15, 0.2) is 34.1 Å². The Morgan fingerprint density at radius 3 is 2.86 bits per heavy atom. The number of rotatable bonds is 6. The number of halogens is 1. The van der Waals surface area contributed by atoms with Gasteiger partial charge in [-0.1, -0.05) is 28.1 Å². The third-order valence-corrected chi connectivity index (χ3v) is 7.06. The number of benzene rings is 1. The van der Waals surface area contributed by atoms with Crippen LogP contribution in [-0.4, -0.2) is 59.1 Å². The zero-order chi connectivity index (χ0) is 19.5. The summed E-state index contributed by atoms with van der Waals surface area (Å²) in [5.74, 6) is 0.929. The lowest BCUT2D eigenvalue weighted by atomic mass is 10.2. The number of carbonyl (C=O) groups is 2. The number of hydrogen-bond donors (Lipinski definition) is 0. The van der Waals surface area contributed by atoms with E-state index in [2.05, 4.69) is 15.9 Å². The summed E-state index contributed by atoms with van der Waals surface area (Å²) in [6.07, 6.45) is 1.97. The lowest BCUT2D eigenvalue weighted by molar-refractivity contribution is -0.131. The van der Waals surface area contributed by atoms with E-state index in [0.717, 1.165) is 35.2 Å². The Kier molecular flexibility index (Phi) is 6.35. The van der Waals surface area contributed by atoms with Gasteiger partial charge in [0.1, 0.15) is 6.54 Å². The number of amides is 2. The molecule has 1 atom stereocenters. The maximum atomic E-state index is 13.1. The normalized spacial score (nSPS) is 19.4. The van der Waals surface area contributed by atoms with Gasteiger partial charge in [-0.2, -0.15) is 0 Å². The molecule has 2 aliphatic rings. The molecule has 0 bridgehead atoms. The van der Waals surface area contributed by atoms with E-state index < -0.39 is 0 Å². The Balaban J connectivity index is 1.55. The first kappa shape index (κ1) is 19.9. The van der Waals surface area contributed by atoms with Crippen LogP contribution in [0.3, 0.4) is 0 Å². The molecule has 0 radical (unpaired) electrons. The lowest BCUT2D eigenvalue weighted by Crippen LogP contribution is -2.44. The van der Waals surface area contributed by atoms with Crippen LogP contribution in [0.25, 0.3) is 11.3 Å². The minimum absolute atomic E-state index is 0.0186. The number of thioether (sulfide) groups is 1. The van der Waals surface area contributed by atoms with E-state index in [1.165, 1.54) is 23.1 Å². The average molecular weight is 482 g/mol. The van der Waals surface area contributed by atoms with Crippen molar-refractivity contribution in [3.63, 3.8) is 0 Å². The minimum Gasteiger partial charge on any atom is -0.376 e. The Bertz CT molecular complexity index is 852. The fourth-order valence-electron chi connectivity index (χ4n) is 3.21. The topological polar surface area (TPSA) is 62.7 Å². The van der Waals surface area contributed by atoms with Crippen molar-refractivity contribution in [2.75, 3.05) is 36.2 Å². The summed E-state index contributed by atoms with van der Waals surface area (Å²) in [6, 6.07) is 7.94.